The first-order chi connectivity index (χ1) is 37.1. The molecule has 3 fully saturated rings. The fourth-order valence-electron chi connectivity index (χ4n) is 9.73. The van der Waals surface area contributed by atoms with E-state index in [0.29, 0.717) is 17.9 Å². The summed E-state index contributed by atoms with van der Waals surface area (Å²) in [6.07, 6.45) is -9.00. The average Bonchev–Trinajstić information content (AvgIpc) is 3.68. The molecule has 75 heavy (non-hydrogen) atoms. The molecule has 0 aromatic heterocycles. The second-order valence-corrected chi connectivity index (χ2v) is 19.8. The highest BCUT2D eigenvalue weighted by Gasteiger charge is 2.57. The number of rotatable bonds is 19. The molecule has 3 heterocycles. The molecule has 1 unspecified atom stereocenters. The van der Waals surface area contributed by atoms with E-state index >= 15 is 0 Å². The van der Waals surface area contributed by atoms with Crippen LogP contribution in [-0.2, 0) is 62.5 Å². The molecule has 11 rings (SSSR count). The Bertz CT molecular complexity index is 2960. The summed E-state index contributed by atoms with van der Waals surface area (Å²) in [5, 5.41) is 0. The van der Waals surface area contributed by atoms with Gasteiger partial charge >= 0.3 is 5.97 Å². The van der Waals surface area contributed by atoms with Crippen molar-refractivity contribution in [2.45, 2.75) is 91.6 Å². The summed E-state index contributed by atoms with van der Waals surface area (Å²) in [7, 11) is 0. The lowest BCUT2D eigenvalue weighted by Gasteiger charge is -2.51. The summed E-state index contributed by atoms with van der Waals surface area (Å²) in [6.45, 7) is 0.956. The van der Waals surface area contributed by atoms with Crippen LogP contribution in [0.25, 0.3) is 11.1 Å². The van der Waals surface area contributed by atoms with Crippen LogP contribution < -0.4 is 4.74 Å². The zero-order valence-electron chi connectivity index (χ0n) is 41.1. The number of ether oxygens (including phenoxy) is 10. The Balaban J connectivity index is 1.02. The van der Waals surface area contributed by atoms with Gasteiger partial charge in [0.2, 0.25) is 0 Å². The van der Waals surface area contributed by atoms with Gasteiger partial charge in [0.1, 0.15) is 47.8 Å². The average molecular weight is 1020 g/mol. The lowest BCUT2D eigenvalue weighted by molar-refractivity contribution is -0.360. The first kappa shape index (κ1) is 50.5. The maximum atomic E-state index is 14.6. The molecule has 0 amide bonds. The quantitative estimate of drug-likeness (QED) is 0.0719. The lowest BCUT2D eigenvalue weighted by Crippen LogP contribution is -2.67. The van der Waals surface area contributed by atoms with E-state index in [1.54, 1.807) is 24.3 Å². The Kier molecular flexibility index (Phi) is 16.7. The van der Waals surface area contributed by atoms with Gasteiger partial charge in [-0.15, -0.1) is 0 Å². The molecule has 3 aliphatic heterocycles. The molecule has 11 nitrogen and oxygen atoms in total. The number of carbonyl (C=O) groups excluding carboxylic acids is 1. The summed E-state index contributed by atoms with van der Waals surface area (Å²) in [4.78, 5) is 15.5. The minimum Gasteiger partial charge on any atom is -0.484 e. The number of fused-ring (bicyclic) bond motifs is 2. The summed E-state index contributed by atoms with van der Waals surface area (Å²) in [6, 6.07) is 72.5. The van der Waals surface area contributed by atoms with Gasteiger partial charge in [-0.2, -0.15) is 0 Å². The highest BCUT2D eigenvalue weighted by Crippen LogP contribution is 2.45. The van der Waals surface area contributed by atoms with Crippen LogP contribution in [0.2, 0.25) is 0 Å². The van der Waals surface area contributed by atoms with Crippen LogP contribution in [0.15, 0.2) is 229 Å². The number of carbonyl (C=O) groups is 1. The fourth-order valence-corrected chi connectivity index (χ4v) is 10.9. The van der Waals surface area contributed by atoms with Crippen molar-refractivity contribution in [2.75, 3.05) is 13.2 Å². The smallest absolute Gasteiger partial charge is 0.338 e. The van der Waals surface area contributed by atoms with Gasteiger partial charge in [-0.25, -0.2) is 4.79 Å². The SMILES string of the molecule is O=C(O[C@@H]1[C@@H](O[C@@H]2[C@@H](Oc3ccc4cccccc3-4)[C@H]3OC(c4ccccc4)OC[C@H]3O[C@H]2Sc2ccccc2)O[C@H](COCc2ccccc2)[C@@H](OCc2ccccc2)[C@@H]1OCc1ccccc1)c1ccccc1. The Morgan fingerprint density at radius 2 is 1.09 bits per heavy atom. The van der Waals surface area contributed by atoms with Gasteiger partial charge in [0.25, 0.3) is 0 Å². The van der Waals surface area contributed by atoms with Crippen LogP contribution in [-0.4, -0.2) is 79.7 Å². The maximum Gasteiger partial charge on any atom is 0.338 e. The van der Waals surface area contributed by atoms with Gasteiger partial charge in [0, 0.05) is 16.0 Å². The van der Waals surface area contributed by atoms with Crippen LogP contribution in [0, 0.1) is 0 Å². The Hall–Kier alpha value is -6.68. The summed E-state index contributed by atoms with van der Waals surface area (Å²) in [5.41, 5.74) is 5.20. The van der Waals surface area contributed by atoms with Crippen molar-refractivity contribution in [1.29, 1.82) is 0 Å². The van der Waals surface area contributed by atoms with Gasteiger partial charge in [-0.05, 0) is 52.6 Å². The molecular weight excluding hydrogens is 965 g/mol. The standard InChI is InChI=1S/C63H58O11S/c64-60(47-29-15-4-16-30-47)72-58-56(67-40-45-26-12-3-13-27-45)54(66-39-44-24-10-2-11-25-44)52(41-65-38-43-22-8-1-9-23-43)70-62(58)74-59-57(69-51-37-36-46-28-14-6-21-35-50(46)51)55-53(71-63(59)75-49-33-19-7-20-34-49)42-68-61(73-55)48-31-17-5-18-32-48/h1-37,52-59,61-63H,38-42H2/t52-,53-,54-,55+,56+,57+,58+,59-,61?,62-,63+/m1/s1. The molecule has 0 N–H and O–H groups in total. The van der Waals surface area contributed by atoms with E-state index in [-0.39, 0.29) is 26.4 Å². The van der Waals surface area contributed by atoms with Crippen LogP contribution in [0.4, 0.5) is 0 Å². The second-order valence-electron chi connectivity index (χ2n) is 18.6. The van der Waals surface area contributed by atoms with E-state index in [1.807, 2.05) is 194 Å². The molecule has 3 saturated heterocycles. The van der Waals surface area contributed by atoms with Crippen molar-refractivity contribution in [3.8, 4) is 16.9 Å². The van der Waals surface area contributed by atoms with Gasteiger partial charge in [-0.1, -0.05) is 206 Å². The van der Waals surface area contributed by atoms with Crippen molar-refractivity contribution < 1.29 is 52.2 Å². The molecule has 0 radical (unpaired) electrons. The summed E-state index contributed by atoms with van der Waals surface area (Å²) < 4.78 is 69.9. The fraction of sp³-hybridized carbons (Fsp3) is 0.254. The van der Waals surface area contributed by atoms with E-state index in [4.69, 9.17) is 47.4 Å². The summed E-state index contributed by atoms with van der Waals surface area (Å²) in [5.74, 6) is 0.0433. The predicted molar refractivity (Wildman–Crippen MR) is 284 cm³/mol. The van der Waals surface area contributed by atoms with Crippen molar-refractivity contribution in [2.24, 2.45) is 0 Å². The molecule has 6 aromatic rings. The number of hydrogen-bond donors (Lipinski definition) is 0. The van der Waals surface area contributed by atoms with Crippen LogP contribution in [0.5, 0.6) is 5.75 Å². The molecule has 6 aromatic carbocycles. The minimum absolute atomic E-state index is 0.0719. The molecule has 0 spiro atoms. The molecule has 12 heteroatoms. The molecule has 5 aliphatic rings. The van der Waals surface area contributed by atoms with E-state index < -0.39 is 72.8 Å². The normalized spacial score (nSPS) is 25.5. The first-order valence-electron chi connectivity index (χ1n) is 25.4. The second kappa shape index (κ2) is 24.8. The molecule has 0 saturated carbocycles. The third-order valence-corrected chi connectivity index (χ3v) is 14.6. The Morgan fingerprint density at radius 3 is 1.76 bits per heavy atom. The van der Waals surface area contributed by atoms with E-state index in [0.717, 1.165) is 38.3 Å². The number of benzene rings is 6. The van der Waals surface area contributed by atoms with E-state index in [1.165, 1.54) is 11.8 Å². The Labute approximate surface area is 441 Å². The monoisotopic (exact) mass is 1020 g/mol. The van der Waals surface area contributed by atoms with Crippen molar-refractivity contribution in [3.05, 3.63) is 252 Å². The van der Waals surface area contributed by atoms with Gasteiger partial charge < -0.3 is 47.4 Å². The third kappa shape index (κ3) is 12.5. The van der Waals surface area contributed by atoms with Gasteiger partial charge in [0.15, 0.2) is 24.8 Å². The summed E-state index contributed by atoms with van der Waals surface area (Å²) >= 11 is 1.49. The molecular formula is C63H58O11S. The van der Waals surface area contributed by atoms with Gasteiger partial charge in [0.05, 0.1) is 38.6 Å². The van der Waals surface area contributed by atoms with Crippen molar-refractivity contribution >= 4 is 17.7 Å². The number of esters is 1. The van der Waals surface area contributed by atoms with Crippen molar-refractivity contribution in [3.63, 3.8) is 0 Å². The zero-order chi connectivity index (χ0) is 50.6. The maximum absolute atomic E-state index is 14.6. The largest absolute Gasteiger partial charge is 0.484 e. The van der Waals surface area contributed by atoms with Crippen LogP contribution in [0.1, 0.15) is 38.9 Å². The Morgan fingerprint density at radius 1 is 0.520 bits per heavy atom. The van der Waals surface area contributed by atoms with Crippen molar-refractivity contribution in [1.82, 2.24) is 0 Å². The van der Waals surface area contributed by atoms with Crippen LogP contribution >= 0.6 is 11.8 Å². The minimum atomic E-state index is -1.31. The molecule has 11 atom stereocenters. The zero-order valence-corrected chi connectivity index (χ0v) is 42.0. The van der Waals surface area contributed by atoms with Gasteiger partial charge in [-0.3, -0.25) is 0 Å². The topological polar surface area (TPSA) is 109 Å². The number of thioether (sulfide) groups is 1. The lowest BCUT2D eigenvalue weighted by atomic mass is 9.96. The first-order valence-corrected chi connectivity index (χ1v) is 26.3. The van der Waals surface area contributed by atoms with E-state index in [9.17, 15) is 4.79 Å². The highest BCUT2D eigenvalue weighted by molar-refractivity contribution is 7.99. The van der Waals surface area contributed by atoms with Crippen LogP contribution in [0.3, 0.4) is 0 Å². The molecule has 2 aliphatic carbocycles. The predicted octanol–water partition coefficient (Wildman–Crippen LogP) is 11.9. The number of hydrogen-bond acceptors (Lipinski definition) is 12. The third-order valence-electron chi connectivity index (χ3n) is 13.5. The van der Waals surface area contributed by atoms with E-state index in [2.05, 4.69) is 6.07 Å². The molecule has 0 bridgehead atoms. The molecule has 382 valence electrons. The highest BCUT2D eigenvalue weighted by atomic mass is 32.2.